The third-order valence-corrected chi connectivity index (χ3v) is 4.28. The molecule has 6 heteroatoms. The monoisotopic (exact) mass is 369 g/mol. The van der Waals surface area contributed by atoms with Crippen molar-refractivity contribution in [2.24, 2.45) is 0 Å². The van der Waals surface area contributed by atoms with E-state index in [9.17, 15) is 9.59 Å². The van der Waals surface area contributed by atoms with Crippen LogP contribution in [0, 0.1) is 0 Å². The topological polar surface area (TPSA) is 61.9 Å². The van der Waals surface area contributed by atoms with Crippen LogP contribution in [0.5, 0.6) is 5.75 Å². The number of nitrogens with one attached hydrogen (secondary N) is 1. The van der Waals surface area contributed by atoms with Gasteiger partial charge in [0.25, 0.3) is 0 Å². The molecule has 0 saturated heterocycles. The predicted octanol–water partition coefficient (Wildman–Crippen LogP) is 2.79. The van der Waals surface area contributed by atoms with Crippen LogP contribution in [-0.2, 0) is 16.0 Å². The third kappa shape index (κ3) is 6.33. The van der Waals surface area contributed by atoms with Gasteiger partial charge in [-0.25, -0.2) is 0 Å². The van der Waals surface area contributed by atoms with Gasteiger partial charge in [0.15, 0.2) is 0 Å². The van der Waals surface area contributed by atoms with E-state index in [1.165, 1.54) is 6.92 Å². The Labute approximate surface area is 160 Å². The van der Waals surface area contributed by atoms with Gasteiger partial charge in [0.1, 0.15) is 5.75 Å². The van der Waals surface area contributed by atoms with Crippen molar-refractivity contribution in [1.29, 1.82) is 0 Å². The average Bonchev–Trinajstić information content (AvgIpc) is 2.65. The Morgan fingerprint density at radius 2 is 1.63 bits per heavy atom. The fourth-order valence-electron chi connectivity index (χ4n) is 2.62. The number of carbonyl (C=O) groups excluding carboxylic acids is 2. The summed E-state index contributed by atoms with van der Waals surface area (Å²) < 4.78 is 5.14. The highest BCUT2D eigenvalue weighted by molar-refractivity contribution is 5.94. The first-order chi connectivity index (χ1) is 12.9. The van der Waals surface area contributed by atoms with Crippen LogP contribution in [-0.4, -0.2) is 51.0 Å². The van der Waals surface area contributed by atoms with Crippen molar-refractivity contribution >= 4 is 23.2 Å². The first-order valence-electron chi connectivity index (χ1n) is 8.84. The van der Waals surface area contributed by atoms with E-state index in [0.29, 0.717) is 18.7 Å². The summed E-state index contributed by atoms with van der Waals surface area (Å²) in [5, 5.41) is 2.84. The van der Waals surface area contributed by atoms with Gasteiger partial charge in [0, 0.05) is 38.9 Å². The lowest BCUT2D eigenvalue weighted by atomic mass is 10.1. The van der Waals surface area contributed by atoms with E-state index in [-0.39, 0.29) is 18.4 Å². The number of benzene rings is 2. The zero-order chi connectivity index (χ0) is 19.8. The number of amides is 2. The first kappa shape index (κ1) is 20.3. The molecule has 0 aliphatic heterocycles. The molecular formula is C21H27N3O3. The molecule has 0 bridgehead atoms. The van der Waals surface area contributed by atoms with Crippen molar-refractivity contribution < 1.29 is 14.3 Å². The zero-order valence-electron chi connectivity index (χ0n) is 16.4. The SMILES string of the molecule is COc1ccc(CCN(CC(=O)Nc2ccc(N(C)C)cc2)C(C)=O)cc1. The van der Waals surface area contributed by atoms with Crippen molar-refractivity contribution in [2.45, 2.75) is 13.3 Å². The Balaban J connectivity index is 1.90. The van der Waals surface area contributed by atoms with Gasteiger partial charge in [-0.15, -0.1) is 0 Å². The summed E-state index contributed by atoms with van der Waals surface area (Å²) in [6, 6.07) is 15.3. The van der Waals surface area contributed by atoms with E-state index in [4.69, 9.17) is 4.74 Å². The Morgan fingerprint density at radius 1 is 1.00 bits per heavy atom. The third-order valence-electron chi connectivity index (χ3n) is 4.28. The van der Waals surface area contributed by atoms with E-state index >= 15 is 0 Å². The lowest BCUT2D eigenvalue weighted by molar-refractivity contribution is -0.132. The maximum Gasteiger partial charge on any atom is 0.243 e. The molecule has 0 heterocycles. The molecule has 0 saturated carbocycles. The van der Waals surface area contributed by atoms with Gasteiger partial charge in [-0.2, -0.15) is 0 Å². The van der Waals surface area contributed by atoms with Crippen LogP contribution in [0.2, 0.25) is 0 Å². The number of ether oxygens (including phenoxy) is 1. The molecule has 2 aromatic carbocycles. The number of hydrogen-bond acceptors (Lipinski definition) is 4. The molecule has 0 aromatic heterocycles. The van der Waals surface area contributed by atoms with Gasteiger partial charge in [-0.1, -0.05) is 12.1 Å². The standard InChI is InChI=1S/C21H27N3O3/c1-16(25)24(14-13-17-5-11-20(27-4)12-6-17)15-21(26)22-18-7-9-19(10-8-18)23(2)3/h5-12H,13-15H2,1-4H3,(H,22,26). The fraction of sp³-hybridized carbons (Fsp3) is 0.333. The lowest BCUT2D eigenvalue weighted by Gasteiger charge is -2.21. The summed E-state index contributed by atoms with van der Waals surface area (Å²) in [6.45, 7) is 1.99. The summed E-state index contributed by atoms with van der Waals surface area (Å²) in [5.74, 6) is 0.459. The summed E-state index contributed by atoms with van der Waals surface area (Å²) in [4.78, 5) is 27.7. The molecule has 2 rings (SSSR count). The highest BCUT2D eigenvalue weighted by atomic mass is 16.5. The number of methoxy groups -OCH3 is 1. The Morgan fingerprint density at radius 3 is 2.15 bits per heavy atom. The molecular weight excluding hydrogens is 342 g/mol. The fourth-order valence-corrected chi connectivity index (χ4v) is 2.62. The second-order valence-electron chi connectivity index (χ2n) is 6.53. The summed E-state index contributed by atoms with van der Waals surface area (Å²) >= 11 is 0. The number of carbonyl (C=O) groups is 2. The van der Waals surface area contributed by atoms with Crippen molar-refractivity contribution in [3.8, 4) is 5.75 Å². The maximum absolute atomic E-state index is 12.3. The average molecular weight is 369 g/mol. The van der Waals surface area contributed by atoms with E-state index in [0.717, 1.165) is 17.0 Å². The van der Waals surface area contributed by atoms with Crippen LogP contribution in [0.15, 0.2) is 48.5 Å². The Bertz CT molecular complexity index is 755. The molecule has 0 atom stereocenters. The molecule has 144 valence electrons. The Hall–Kier alpha value is -3.02. The molecule has 6 nitrogen and oxygen atoms in total. The highest BCUT2D eigenvalue weighted by Gasteiger charge is 2.14. The molecule has 0 aliphatic rings. The molecule has 0 radical (unpaired) electrons. The molecule has 0 unspecified atom stereocenters. The second-order valence-corrected chi connectivity index (χ2v) is 6.53. The van der Waals surface area contributed by atoms with Crippen LogP contribution in [0.4, 0.5) is 11.4 Å². The molecule has 0 spiro atoms. The number of nitrogens with zero attached hydrogens (tertiary/aromatic N) is 2. The number of hydrogen-bond donors (Lipinski definition) is 1. The largest absolute Gasteiger partial charge is 0.497 e. The van der Waals surface area contributed by atoms with Crippen molar-refractivity contribution in [1.82, 2.24) is 4.90 Å². The summed E-state index contributed by atoms with van der Waals surface area (Å²) in [5.41, 5.74) is 2.85. The van der Waals surface area contributed by atoms with Gasteiger partial charge in [0.2, 0.25) is 11.8 Å². The number of rotatable bonds is 8. The van der Waals surface area contributed by atoms with E-state index < -0.39 is 0 Å². The zero-order valence-corrected chi connectivity index (χ0v) is 16.4. The van der Waals surface area contributed by atoms with Crippen LogP contribution in [0.25, 0.3) is 0 Å². The van der Waals surface area contributed by atoms with Gasteiger partial charge in [-0.3, -0.25) is 9.59 Å². The molecule has 27 heavy (non-hydrogen) atoms. The van der Waals surface area contributed by atoms with Crippen LogP contribution < -0.4 is 15.0 Å². The van der Waals surface area contributed by atoms with E-state index in [1.54, 1.807) is 12.0 Å². The predicted molar refractivity (Wildman–Crippen MR) is 108 cm³/mol. The second kappa shape index (κ2) is 9.62. The molecule has 0 fully saturated rings. The van der Waals surface area contributed by atoms with E-state index in [2.05, 4.69) is 5.32 Å². The molecule has 2 amide bonds. The maximum atomic E-state index is 12.3. The summed E-state index contributed by atoms with van der Waals surface area (Å²) in [7, 11) is 5.54. The van der Waals surface area contributed by atoms with Gasteiger partial charge < -0.3 is 19.9 Å². The summed E-state index contributed by atoms with van der Waals surface area (Å²) in [6.07, 6.45) is 0.675. The smallest absolute Gasteiger partial charge is 0.243 e. The minimum absolute atomic E-state index is 0.0287. The van der Waals surface area contributed by atoms with Gasteiger partial charge >= 0.3 is 0 Å². The van der Waals surface area contributed by atoms with Gasteiger partial charge in [-0.05, 0) is 48.4 Å². The van der Waals surface area contributed by atoms with Crippen LogP contribution in [0.1, 0.15) is 12.5 Å². The quantitative estimate of drug-likeness (QED) is 0.777. The molecule has 2 aromatic rings. The van der Waals surface area contributed by atoms with Crippen molar-refractivity contribution in [3.05, 3.63) is 54.1 Å². The lowest BCUT2D eigenvalue weighted by Crippen LogP contribution is -2.38. The van der Waals surface area contributed by atoms with Crippen LogP contribution in [0.3, 0.4) is 0 Å². The highest BCUT2D eigenvalue weighted by Crippen LogP contribution is 2.16. The normalized spacial score (nSPS) is 10.2. The minimum atomic E-state index is -0.211. The molecule has 1 N–H and O–H groups in total. The van der Waals surface area contributed by atoms with Crippen molar-refractivity contribution in [3.63, 3.8) is 0 Å². The van der Waals surface area contributed by atoms with Crippen LogP contribution >= 0.6 is 0 Å². The minimum Gasteiger partial charge on any atom is -0.497 e. The van der Waals surface area contributed by atoms with Gasteiger partial charge in [0.05, 0.1) is 13.7 Å². The van der Waals surface area contributed by atoms with E-state index in [1.807, 2.05) is 67.5 Å². The Kier molecular flexibility index (Phi) is 7.23. The molecule has 0 aliphatic carbocycles. The first-order valence-corrected chi connectivity index (χ1v) is 8.84. The number of anilines is 2. The van der Waals surface area contributed by atoms with Crippen molar-refractivity contribution in [2.75, 3.05) is 44.5 Å².